The highest BCUT2D eigenvalue weighted by atomic mass is 35.5. The summed E-state index contributed by atoms with van der Waals surface area (Å²) in [4.78, 5) is 35.0. The van der Waals surface area contributed by atoms with Gasteiger partial charge in [-0.05, 0) is 75.2 Å². The third-order valence-corrected chi connectivity index (χ3v) is 7.55. The van der Waals surface area contributed by atoms with Gasteiger partial charge in [-0.2, -0.15) is 0 Å². The fourth-order valence-corrected chi connectivity index (χ4v) is 5.95. The van der Waals surface area contributed by atoms with Crippen LogP contribution in [-0.2, 0) is 10.3 Å². The molecule has 7 nitrogen and oxygen atoms in total. The van der Waals surface area contributed by atoms with Gasteiger partial charge in [0.15, 0.2) is 11.2 Å². The minimum Gasteiger partial charge on any atom is -0.496 e. The molecule has 1 N–H and O–H groups in total. The molecule has 3 aromatic carbocycles. The molecule has 0 aliphatic carbocycles. The lowest BCUT2D eigenvalue weighted by Gasteiger charge is -2.35. The maximum atomic E-state index is 14.3. The molecular weight excluding hydrogens is 500 g/mol. The Labute approximate surface area is 226 Å². The zero-order valence-electron chi connectivity index (χ0n) is 21.8. The van der Waals surface area contributed by atoms with Crippen molar-refractivity contribution in [1.29, 1.82) is 0 Å². The van der Waals surface area contributed by atoms with Crippen LogP contribution in [0.5, 0.6) is 5.75 Å². The Kier molecular flexibility index (Phi) is 5.40. The molecule has 2 amide bonds. The molecule has 2 aliphatic heterocycles. The van der Waals surface area contributed by atoms with Crippen molar-refractivity contribution in [3.05, 3.63) is 93.8 Å². The standard InChI is InChI=1S/C30H27ClN4O3/c1-16(2)34-26-25(33-27(34)21-11-9-18(4)14-24(21)38-5)28(36)35(20-8-6-7-19(31)15-20)30(26)22-12-10-17(3)13-23(22)32-29(30)37/h6-16H,1-5H3,(H,32,37). The highest BCUT2D eigenvalue weighted by Gasteiger charge is 2.64. The lowest BCUT2D eigenvalue weighted by atomic mass is 9.86. The van der Waals surface area contributed by atoms with Crippen molar-refractivity contribution < 1.29 is 14.3 Å². The van der Waals surface area contributed by atoms with Gasteiger partial charge in [0.05, 0.1) is 18.4 Å². The Hall–Kier alpha value is -4.10. The smallest absolute Gasteiger partial charge is 0.280 e. The first kappa shape index (κ1) is 24.2. The number of benzene rings is 3. The molecule has 1 spiro atoms. The van der Waals surface area contributed by atoms with Gasteiger partial charge in [-0.3, -0.25) is 14.5 Å². The molecule has 8 heteroatoms. The number of aryl methyl sites for hydroxylation is 2. The quantitative estimate of drug-likeness (QED) is 0.340. The van der Waals surface area contributed by atoms with Crippen LogP contribution >= 0.6 is 11.6 Å². The number of halogens is 1. The number of nitrogens with one attached hydrogen (secondary N) is 1. The number of ether oxygens (including phenoxy) is 1. The second-order valence-corrected chi connectivity index (χ2v) is 10.6. The van der Waals surface area contributed by atoms with Crippen LogP contribution in [-0.4, -0.2) is 28.5 Å². The Balaban J connectivity index is 1.73. The molecule has 0 bridgehead atoms. The molecular formula is C30H27ClN4O3. The van der Waals surface area contributed by atoms with Crippen LogP contribution in [0.15, 0.2) is 60.7 Å². The lowest BCUT2D eigenvalue weighted by Crippen LogP contribution is -2.51. The maximum Gasteiger partial charge on any atom is 0.280 e. The Morgan fingerprint density at radius 2 is 1.74 bits per heavy atom. The van der Waals surface area contributed by atoms with Crippen molar-refractivity contribution in [3.8, 4) is 17.1 Å². The van der Waals surface area contributed by atoms with Crippen molar-refractivity contribution in [2.45, 2.75) is 39.3 Å². The Morgan fingerprint density at radius 1 is 1.00 bits per heavy atom. The average Bonchev–Trinajstić information content (AvgIpc) is 3.47. The molecule has 1 atom stereocenters. The molecule has 38 heavy (non-hydrogen) atoms. The summed E-state index contributed by atoms with van der Waals surface area (Å²) in [6.07, 6.45) is 0. The van der Waals surface area contributed by atoms with E-state index in [0.29, 0.717) is 39.2 Å². The third-order valence-electron chi connectivity index (χ3n) is 7.32. The topological polar surface area (TPSA) is 76.5 Å². The maximum absolute atomic E-state index is 14.3. The van der Waals surface area contributed by atoms with Crippen LogP contribution in [0.1, 0.15) is 52.8 Å². The second-order valence-electron chi connectivity index (χ2n) is 10.1. The first-order valence-corrected chi connectivity index (χ1v) is 12.9. The Morgan fingerprint density at radius 3 is 2.45 bits per heavy atom. The van der Waals surface area contributed by atoms with Crippen molar-refractivity contribution in [2.75, 3.05) is 17.3 Å². The lowest BCUT2D eigenvalue weighted by molar-refractivity contribution is -0.119. The van der Waals surface area contributed by atoms with E-state index in [1.165, 1.54) is 0 Å². The number of carbonyl (C=O) groups is 2. The zero-order chi connectivity index (χ0) is 26.9. The van der Waals surface area contributed by atoms with Gasteiger partial charge in [-0.1, -0.05) is 35.9 Å². The number of rotatable bonds is 4. The van der Waals surface area contributed by atoms with Crippen LogP contribution in [0.3, 0.4) is 0 Å². The number of imidazole rings is 1. The summed E-state index contributed by atoms with van der Waals surface area (Å²) in [5.74, 6) is 0.552. The summed E-state index contributed by atoms with van der Waals surface area (Å²) in [7, 11) is 1.62. The van der Waals surface area contributed by atoms with Gasteiger partial charge in [0.1, 0.15) is 11.6 Å². The molecule has 6 rings (SSSR count). The van der Waals surface area contributed by atoms with Gasteiger partial charge in [0.2, 0.25) is 0 Å². The van der Waals surface area contributed by atoms with E-state index in [0.717, 1.165) is 16.7 Å². The van der Waals surface area contributed by atoms with Crippen LogP contribution in [0.25, 0.3) is 11.4 Å². The number of hydrogen-bond acceptors (Lipinski definition) is 4. The summed E-state index contributed by atoms with van der Waals surface area (Å²) in [6, 6.07) is 18.6. The van der Waals surface area contributed by atoms with Gasteiger partial charge in [0, 0.05) is 28.0 Å². The summed E-state index contributed by atoms with van der Waals surface area (Å²) in [5.41, 5.74) is 4.00. The molecule has 2 aliphatic rings. The molecule has 3 heterocycles. The third kappa shape index (κ3) is 3.18. The number of carbonyl (C=O) groups excluding carboxylic acids is 2. The van der Waals surface area contributed by atoms with Gasteiger partial charge >= 0.3 is 0 Å². The number of anilines is 2. The molecule has 4 aromatic rings. The van der Waals surface area contributed by atoms with E-state index in [-0.39, 0.29) is 23.6 Å². The minimum absolute atomic E-state index is 0.126. The molecule has 0 radical (unpaired) electrons. The van der Waals surface area contributed by atoms with Crippen molar-refractivity contribution in [2.24, 2.45) is 0 Å². The summed E-state index contributed by atoms with van der Waals surface area (Å²) in [6.45, 7) is 8.01. The molecule has 192 valence electrons. The minimum atomic E-state index is -1.46. The van der Waals surface area contributed by atoms with Crippen LogP contribution in [0.4, 0.5) is 11.4 Å². The monoisotopic (exact) mass is 526 g/mol. The highest BCUT2D eigenvalue weighted by Crippen LogP contribution is 2.54. The molecule has 1 unspecified atom stereocenters. The fourth-order valence-electron chi connectivity index (χ4n) is 5.76. The molecule has 0 saturated carbocycles. The highest BCUT2D eigenvalue weighted by molar-refractivity contribution is 6.31. The summed E-state index contributed by atoms with van der Waals surface area (Å²) >= 11 is 6.37. The number of fused-ring (bicyclic) bond motifs is 4. The predicted molar refractivity (Wildman–Crippen MR) is 148 cm³/mol. The fraction of sp³-hybridized carbons (Fsp3) is 0.233. The number of nitrogens with zero attached hydrogens (tertiary/aromatic N) is 3. The number of aromatic nitrogens is 2. The van der Waals surface area contributed by atoms with E-state index in [1.54, 1.807) is 36.3 Å². The van der Waals surface area contributed by atoms with E-state index in [1.807, 2.05) is 68.7 Å². The number of hydrogen-bond donors (Lipinski definition) is 1. The Bertz CT molecular complexity index is 1660. The number of methoxy groups -OCH3 is 1. The molecule has 0 saturated heterocycles. The van der Waals surface area contributed by atoms with Crippen molar-refractivity contribution in [3.63, 3.8) is 0 Å². The van der Waals surface area contributed by atoms with Crippen LogP contribution in [0.2, 0.25) is 5.02 Å². The second kappa shape index (κ2) is 8.46. The van der Waals surface area contributed by atoms with E-state index in [4.69, 9.17) is 21.3 Å². The molecule has 1 aromatic heterocycles. The zero-order valence-corrected chi connectivity index (χ0v) is 22.6. The van der Waals surface area contributed by atoms with E-state index in [2.05, 4.69) is 5.32 Å². The van der Waals surface area contributed by atoms with Gasteiger partial charge in [-0.15, -0.1) is 0 Å². The van der Waals surface area contributed by atoms with Crippen LogP contribution < -0.4 is 15.0 Å². The number of amides is 2. The largest absolute Gasteiger partial charge is 0.496 e. The van der Waals surface area contributed by atoms with Gasteiger partial charge in [-0.25, -0.2) is 4.98 Å². The first-order chi connectivity index (χ1) is 18.2. The normalized spacial score (nSPS) is 17.8. The summed E-state index contributed by atoms with van der Waals surface area (Å²) in [5, 5.41) is 3.53. The van der Waals surface area contributed by atoms with Gasteiger partial charge in [0.25, 0.3) is 11.8 Å². The first-order valence-electron chi connectivity index (χ1n) is 12.5. The summed E-state index contributed by atoms with van der Waals surface area (Å²) < 4.78 is 7.71. The van der Waals surface area contributed by atoms with E-state index in [9.17, 15) is 9.59 Å². The molecule has 0 fully saturated rings. The predicted octanol–water partition coefficient (Wildman–Crippen LogP) is 6.27. The van der Waals surface area contributed by atoms with E-state index < -0.39 is 5.54 Å². The van der Waals surface area contributed by atoms with Crippen molar-refractivity contribution >= 4 is 34.8 Å². The van der Waals surface area contributed by atoms with Crippen molar-refractivity contribution in [1.82, 2.24) is 9.55 Å². The van der Waals surface area contributed by atoms with E-state index >= 15 is 0 Å². The SMILES string of the molecule is COc1cc(C)ccc1-c1nc2c(n1C(C)C)C1(C(=O)Nc3cc(C)ccc31)N(c1cccc(Cl)c1)C2=O. The van der Waals surface area contributed by atoms with Crippen LogP contribution in [0, 0.1) is 13.8 Å². The van der Waals surface area contributed by atoms with Gasteiger partial charge < -0.3 is 14.6 Å². The average molecular weight is 527 g/mol.